The lowest BCUT2D eigenvalue weighted by molar-refractivity contribution is -0.134. The van der Waals surface area contributed by atoms with Gasteiger partial charge in [-0.1, -0.05) is 13.8 Å². The Kier molecular flexibility index (Phi) is 4.54. The number of rotatable bonds is 3. The van der Waals surface area contributed by atoms with E-state index in [9.17, 15) is 9.90 Å². The summed E-state index contributed by atoms with van der Waals surface area (Å²) < 4.78 is 0. The minimum atomic E-state index is -0.349. The van der Waals surface area contributed by atoms with Crippen LogP contribution >= 0.6 is 0 Å². The van der Waals surface area contributed by atoms with Crippen LogP contribution in [-0.2, 0) is 4.79 Å². The molecule has 0 aliphatic carbocycles. The molecule has 0 aromatic carbocycles. The molecule has 0 radical (unpaired) electrons. The predicted molar refractivity (Wildman–Crippen MR) is 59.3 cm³/mol. The van der Waals surface area contributed by atoms with Gasteiger partial charge in [-0.05, 0) is 18.8 Å². The number of amides is 1. The molecule has 4 nitrogen and oxygen atoms in total. The highest BCUT2D eigenvalue weighted by Gasteiger charge is 2.23. The molecule has 2 atom stereocenters. The van der Waals surface area contributed by atoms with Crippen molar-refractivity contribution in [3.8, 4) is 0 Å². The highest BCUT2D eigenvalue weighted by molar-refractivity contribution is 5.77. The lowest BCUT2D eigenvalue weighted by Gasteiger charge is -2.31. The summed E-state index contributed by atoms with van der Waals surface area (Å²) in [7, 11) is 0. The number of aliphatic hydroxyl groups is 1. The van der Waals surface area contributed by atoms with Gasteiger partial charge in [0.25, 0.3) is 0 Å². The van der Waals surface area contributed by atoms with Crippen LogP contribution in [0.15, 0.2) is 0 Å². The third-order valence-electron chi connectivity index (χ3n) is 3.02. The lowest BCUT2D eigenvalue weighted by Crippen LogP contribution is -2.44. The standard InChI is InChI=1S/C11H22N2O2/c1-8(2)10(12)6-11(15)13-5-3-4-9(14)7-13/h8-10,14H,3-7,12H2,1-2H3/t9-,10?/m0/s1. The molecule has 0 aromatic rings. The largest absolute Gasteiger partial charge is 0.391 e. The van der Waals surface area contributed by atoms with Crippen molar-refractivity contribution in [2.24, 2.45) is 11.7 Å². The van der Waals surface area contributed by atoms with Gasteiger partial charge < -0.3 is 15.7 Å². The fourth-order valence-corrected chi connectivity index (χ4v) is 1.75. The van der Waals surface area contributed by atoms with Gasteiger partial charge in [0.15, 0.2) is 0 Å². The monoisotopic (exact) mass is 214 g/mol. The highest BCUT2D eigenvalue weighted by Crippen LogP contribution is 2.13. The maximum atomic E-state index is 11.8. The summed E-state index contributed by atoms with van der Waals surface area (Å²) in [5, 5.41) is 9.45. The Morgan fingerprint density at radius 3 is 2.80 bits per heavy atom. The van der Waals surface area contributed by atoms with E-state index in [1.165, 1.54) is 0 Å². The number of carbonyl (C=O) groups is 1. The van der Waals surface area contributed by atoms with Gasteiger partial charge in [-0.15, -0.1) is 0 Å². The molecule has 88 valence electrons. The van der Waals surface area contributed by atoms with Crippen LogP contribution in [0.25, 0.3) is 0 Å². The number of nitrogens with zero attached hydrogens (tertiary/aromatic N) is 1. The molecule has 0 aromatic heterocycles. The summed E-state index contributed by atoms with van der Waals surface area (Å²) in [6.07, 6.45) is 1.74. The van der Waals surface area contributed by atoms with Crippen LogP contribution in [0.1, 0.15) is 33.1 Å². The van der Waals surface area contributed by atoms with E-state index < -0.39 is 0 Å². The first-order valence-corrected chi connectivity index (χ1v) is 5.72. The quantitative estimate of drug-likeness (QED) is 0.712. The van der Waals surface area contributed by atoms with Crippen molar-refractivity contribution in [3.05, 3.63) is 0 Å². The van der Waals surface area contributed by atoms with Crippen molar-refractivity contribution in [1.82, 2.24) is 4.90 Å². The Morgan fingerprint density at radius 1 is 1.60 bits per heavy atom. The number of β-amino-alcohol motifs (C(OH)–C–C–N with tert-alkyl or cyclic N) is 1. The first-order valence-electron chi connectivity index (χ1n) is 5.72. The Labute approximate surface area is 91.4 Å². The number of hydrogen-bond acceptors (Lipinski definition) is 3. The number of piperidine rings is 1. The molecule has 1 heterocycles. The smallest absolute Gasteiger partial charge is 0.224 e. The Morgan fingerprint density at radius 2 is 2.27 bits per heavy atom. The van der Waals surface area contributed by atoms with Gasteiger partial charge in [-0.2, -0.15) is 0 Å². The average molecular weight is 214 g/mol. The normalized spacial score (nSPS) is 24.3. The highest BCUT2D eigenvalue weighted by atomic mass is 16.3. The van der Waals surface area contributed by atoms with E-state index in [0.717, 1.165) is 19.4 Å². The summed E-state index contributed by atoms with van der Waals surface area (Å²) in [5.41, 5.74) is 5.85. The molecular weight excluding hydrogens is 192 g/mol. The molecule has 15 heavy (non-hydrogen) atoms. The molecule has 0 bridgehead atoms. The second-order valence-corrected chi connectivity index (χ2v) is 4.75. The summed E-state index contributed by atoms with van der Waals surface area (Å²) >= 11 is 0. The third-order valence-corrected chi connectivity index (χ3v) is 3.02. The van der Waals surface area contributed by atoms with Gasteiger partial charge in [-0.25, -0.2) is 0 Å². The Balaban J connectivity index is 2.39. The summed E-state index contributed by atoms with van der Waals surface area (Å²) in [6.45, 7) is 5.27. The zero-order valence-corrected chi connectivity index (χ0v) is 9.65. The second kappa shape index (κ2) is 5.47. The molecule has 1 unspecified atom stereocenters. The second-order valence-electron chi connectivity index (χ2n) is 4.75. The number of likely N-dealkylation sites (tertiary alicyclic amines) is 1. The first-order chi connectivity index (χ1) is 7.00. The number of aliphatic hydroxyl groups excluding tert-OH is 1. The van der Waals surface area contributed by atoms with Crippen molar-refractivity contribution < 1.29 is 9.90 Å². The van der Waals surface area contributed by atoms with Gasteiger partial charge in [0, 0.05) is 25.6 Å². The van der Waals surface area contributed by atoms with Crippen molar-refractivity contribution in [2.75, 3.05) is 13.1 Å². The summed E-state index contributed by atoms with van der Waals surface area (Å²) in [5.74, 6) is 0.401. The van der Waals surface area contributed by atoms with Crippen molar-refractivity contribution in [1.29, 1.82) is 0 Å². The van der Waals surface area contributed by atoms with Gasteiger partial charge in [0.2, 0.25) is 5.91 Å². The van der Waals surface area contributed by atoms with Gasteiger partial charge in [0.05, 0.1) is 6.10 Å². The molecule has 1 aliphatic rings. The molecule has 0 spiro atoms. The van der Waals surface area contributed by atoms with E-state index in [4.69, 9.17) is 5.73 Å². The number of hydrogen-bond donors (Lipinski definition) is 2. The van der Waals surface area contributed by atoms with Crippen LogP contribution < -0.4 is 5.73 Å². The van der Waals surface area contributed by atoms with E-state index in [-0.39, 0.29) is 18.1 Å². The van der Waals surface area contributed by atoms with Crippen LogP contribution in [0.2, 0.25) is 0 Å². The van der Waals surface area contributed by atoms with E-state index in [1.807, 2.05) is 13.8 Å². The maximum absolute atomic E-state index is 11.8. The Hall–Kier alpha value is -0.610. The molecule has 1 fully saturated rings. The molecular formula is C11H22N2O2. The van der Waals surface area contributed by atoms with E-state index in [0.29, 0.717) is 18.9 Å². The third kappa shape index (κ3) is 3.80. The SMILES string of the molecule is CC(C)C(N)CC(=O)N1CCC[C@H](O)C1. The molecule has 0 saturated carbocycles. The molecule has 1 aliphatic heterocycles. The average Bonchev–Trinajstić information content (AvgIpc) is 2.17. The fraction of sp³-hybridized carbons (Fsp3) is 0.909. The van der Waals surface area contributed by atoms with E-state index in [2.05, 4.69) is 0 Å². The maximum Gasteiger partial charge on any atom is 0.224 e. The van der Waals surface area contributed by atoms with Crippen molar-refractivity contribution in [2.45, 2.75) is 45.3 Å². The zero-order valence-electron chi connectivity index (χ0n) is 9.65. The summed E-state index contributed by atoms with van der Waals surface area (Å²) in [4.78, 5) is 13.5. The predicted octanol–water partition coefficient (Wildman–Crippen LogP) is 0.343. The van der Waals surface area contributed by atoms with Gasteiger partial charge in [-0.3, -0.25) is 4.79 Å². The lowest BCUT2D eigenvalue weighted by atomic mass is 10.0. The van der Waals surface area contributed by atoms with E-state index in [1.54, 1.807) is 4.90 Å². The van der Waals surface area contributed by atoms with Crippen molar-refractivity contribution >= 4 is 5.91 Å². The summed E-state index contributed by atoms with van der Waals surface area (Å²) in [6, 6.07) is -0.0726. The molecule has 1 amide bonds. The van der Waals surface area contributed by atoms with Gasteiger partial charge >= 0.3 is 0 Å². The number of carbonyl (C=O) groups excluding carboxylic acids is 1. The molecule has 4 heteroatoms. The zero-order chi connectivity index (χ0) is 11.4. The Bertz CT molecular complexity index is 219. The fourth-order valence-electron chi connectivity index (χ4n) is 1.75. The van der Waals surface area contributed by atoms with Crippen LogP contribution in [0.3, 0.4) is 0 Å². The number of nitrogens with two attached hydrogens (primary N) is 1. The van der Waals surface area contributed by atoms with Crippen LogP contribution in [-0.4, -0.2) is 41.1 Å². The topological polar surface area (TPSA) is 66.6 Å². The van der Waals surface area contributed by atoms with Gasteiger partial charge in [0.1, 0.15) is 0 Å². The van der Waals surface area contributed by atoms with Crippen molar-refractivity contribution in [3.63, 3.8) is 0 Å². The van der Waals surface area contributed by atoms with Crippen LogP contribution in [0, 0.1) is 5.92 Å². The molecule has 1 saturated heterocycles. The minimum Gasteiger partial charge on any atom is -0.391 e. The van der Waals surface area contributed by atoms with Crippen LogP contribution in [0.4, 0.5) is 0 Å². The van der Waals surface area contributed by atoms with E-state index >= 15 is 0 Å². The minimum absolute atomic E-state index is 0.0726. The molecule has 3 N–H and O–H groups in total. The molecule has 1 rings (SSSR count). The first kappa shape index (κ1) is 12.5. The van der Waals surface area contributed by atoms with Crippen LogP contribution in [0.5, 0.6) is 0 Å².